The number of hydrogen-bond acceptors (Lipinski definition) is 5. The topological polar surface area (TPSA) is 106 Å². The molecular formula is C17H25N7O2. The summed E-state index contributed by atoms with van der Waals surface area (Å²) in [6, 6.07) is 3.51. The first-order valence-electron chi connectivity index (χ1n) is 8.93. The van der Waals surface area contributed by atoms with Gasteiger partial charge in [-0.3, -0.25) is 9.59 Å². The van der Waals surface area contributed by atoms with Gasteiger partial charge >= 0.3 is 0 Å². The van der Waals surface area contributed by atoms with Crippen LogP contribution >= 0.6 is 0 Å². The molecular weight excluding hydrogens is 334 g/mol. The number of nitrogens with zero attached hydrogens (tertiary/aromatic N) is 4. The molecule has 0 radical (unpaired) electrons. The quantitative estimate of drug-likeness (QED) is 0.686. The fourth-order valence-electron chi connectivity index (χ4n) is 3.29. The number of carbonyl (C=O) groups excluding carboxylic acids is 2. The van der Waals surface area contributed by atoms with Crippen LogP contribution in [0.25, 0.3) is 0 Å². The highest BCUT2D eigenvalue weighted by atomic mass is 16.2. The smallest absolute Gasteiger partial charge is 0.233 e. The van der Waals surface area contributed by atoms with E-state index in [9.17, 15) is 9.59 Å². The summed E-state index contributed by atoms with van der Waals surface area (Å²) in [6.45, 7) is 6.42. The van der Waals surface area contributed by atoms with Crippen LogP contribution in [-0.2, 0) is 22.7 Å². The van der Waals surface area contributed by atoms with Gasteiger partial charge < -0.3 is 16.0 Å². The number of rotatable bonds is 7. The van der Waals surface area contributed by atoms with Crippen LogP contribution in [-0.4, -0.2) is 44.5 Å². The maximum Gasteiger partial charge on any atom is 0.233 e. The minimum Gasteiger partial charge on any atom is -0.316 e. The van der Waals surface area contributed by atoms with Crippen LogP contribution in [0.15, 0.2) is 24.5 Å². The van der Waals surface area contributed by atoms with E-state index in [1.54, 1.807) is 33.9 Å². The number of amides is 2. The first-order chi connectivity index (χ1) is 12.6. The molecule has 3 heterocycles. The van der Waals surface area contributed by atoms with Crippen molar-refractivity contribution in [2.75, 3.05) is 23.7 Å². The van der Waals surface area contributed by atoms with Crippen LogP contribution in [0.5, 0.6) is 0 Å². The molecule has 3 N–H and O–H groups in total. The molecule has 9 nitrogen and oxygen atoms in total. The van der Waals surface area contributed by atoms with Crippen LogP contribution in [0.1, 0.15) is 26.7 Å². The summed E-state index contributed by atoms with van der Waals surface area (Å²) in [7, 11) is 0. The molecule has 1 unspecified atom stereocenters. The van der Waals surface area contributed by atoms with Crippen molar-refractivity contribution in [2.45, 2.75) is 39.8 Å². The number of anilines is 2. The third kappa shape index (κ3) is 3.62. The number of carbonyl (C=O) groups is 2. The van der Waals surface area contributed by atoms with Crippen molar-refractivity contribution in [3.63, 3.8) is 0 Å². The van der Waals surface area contributed by atoms with Gasteiger partial charge in [-0.05, 0) is 26.8 Å². The van der Waals surface area contributed by atoms with Crippen molar-refractivity contribution in [1.82, 2.24) is 24.9 Å². The van der Waals surface area contributed by atoms with E-state index < -0.39 is 5.41 Å². The van der Waals surface area contributed by atoms with E-state index in [2.05, 4.69) is 26.1 Å². The molecule has 1 atom stereocenters. The number of nitrogens with one attached hydrogen (secondary N) is 3. The summed E-state index contributed by atoms with van der Waals surface area (Å²) in [5, 5.41) is 17.3. The largest absolute Gasteiger partial charge is 0.316 e. The molecule has 3 rings (SSSR count). The molecule has 1 aliphatic heterocycles. The summed E-state index contributed by atoms with van der Waals surface area (Å²) < 4.78 is 3.42. The van der Waals surface area contributed by atoms with E-state index >= 15 is 0 Å². The van der Waals surface area contributed by atoms with Gasteiger partial charge in [0.15, 0.2) is 0 Å². The number of hydrogen-bond donors (Lipinski definition) is 3. The molecule has 1 saturated heterocycles. The van der Waals surface area contributed by atoms with Crippen LogP contribution in [0.3, 0.4) is 0 Å². The predicted molar refractivity (Wildman–Crippen MR) is 97.6 cm³/mol. The normalized spacial score (nSPS) is 19.5. The van der Waals surface area contributed by atoms with Gasteiger partial charge in [0.25, 0.3) is 0 Å². The van der Waals surface area contributed by atoms with Gasteiger partial charge in [-0.25, -0.2) is 9.36 Å². The monoisotopic (exact) mass is 359 g/mol. The average Bonchev–Trinajstić information content (AvgIpc) is 3.35. The van der Waals surface area contributed by atoms with Gasteiger partial charge in [-0.1, -0.05) is 0 Å². The van der Waals surface area contributed by atoms with E-state index in [0.29, 0.717) is 44.2 Å². The van der Waals surface area contributed by atoms with E-state index in [-0.39, 0.29) is 18.2 Å². The maximum absolute atomic E-state index is 13.0. The van der Waals surface area contributed by atoms with Gasteiger partial charge in [-0.2, -0.15) is 10.2 Å². The van der Waals surface area contributed by atoms with E-state index in [1.807, 2.05) is 13.8 Å². The Morgan fingerprint density at radius 1 is 1.12 bits per heavy atom. The second kappa shape index (κ2) is 7.69. The lowest BCUT2D eigenvalue weighted by Gasteiger charge is -2.26. The van der Waals surface area contributed by atoms with Gasteiger partial charge in [0.2, 0.25) is 11.8 Å². The molecule has 2 aromatic rings. The van der Waals surface area contributed by atoms with E-state index in [4.69, 9.17) is 0 Å². The molecule has 2 aromatic heterocycles. The summed E-state index contributed by atoms with van der Waals surface area (Å²) in [5.41, 5.74) is -0.774. The lowest BCUT2D eigenvalue weighted by atomic mass is 9.82. The van der Waals surface area contributed by atoms with Gasteiger partial charge in [0.1, 0.15) is 11.6 Å². The molecule has 26 heavy (non-hydrogen) atoms. The third-order valence-electron chi connectivity index (χ3n) is 4.77. The lowest BCUT2D eigenvalue weighted by Crippen LogP contribution is -2.41. The minimum absolute atomic E-state index is 0.112. The van der Waals surface area contributed by atoms with Crippen LogP contribution in [0.2, 0.25) is 0 Å². The molecule has 0 saturated carbocycles. The molecule has 9 heteroatoms. The molecule has 1 aliphatic rings. The van der Waals surface area contributed by atoms with Crippen molar-refractivity contribution >= 4 is 23.5 Å². The summed E-state index contributed by atoms with van der Waals surface area (Å²) in [5.74, 6) is 0.941. The minimum atomic E-state index is -0.774. The third-order valence-corrected chi connectivity index (χ3v) is 4.77. The Labute approximate surface area is 152 Å². The molecule has 2 amide bonds. The second-order valence-corrected chi connectivity index (χ2v) is 6.45. The van der Waals surface area contributed by atoms with Gasteiger partial charge in [0.05, 0.1) is 17.8 Å². The Hall–Kier alpha value is -2.68. The summed E-state index contributed by atoms with van der Waals surface area (Å²) in [4.78, 5) is 25.6. The van der Waals surface area contributed by atoms with Crippen LogP contribution in [0.4, 0.5) is 11.6 Å². The van der Waals surface area contributed by atoms with Crippen molar-refractivity contribution in [3.8, 4) is 0 Å². The Bertz CT molecular complexity index is 774. The van der Waals surface area contributed by atoms with Crippen molar-refractivity contribution in [2.24, 2.45) is 5.41 Å². The Morgan fingerprint density at radius 2 is 1.73 bits per heavy atom. The Kier molecular flexibility index (Phi) is 5.36. The van der Waals surface area contributed by atoms with Gasteiger partial charge in [0, 0.05) is 38.2 Å². The van der Waals surface area contributed by atoms with E-state index in [0.717, 1.165) is 0 Å². The zero-order chi connectivity index (χ0) is 18.6. The molecule has 0 aromatic carbocycles. The van der Waals surface area contributed by atoms with Crippen LogP contribution in [0, 0.1) is 5.41 Å². The zero-order valence-electron chi connectivity index (χ0n) is 15.2. The first-order valence-corrected chi connectivity index (χ1v) is 8.93. The zero-order valence-corrected chi connectivity index (χ0v) is 15.2. The standard InChI is InChI=1S/C17H25N7O2/c1-3-23-13(5-8-19-23)21-15(25)11-17(7-10-18-12-17)16(26)22-14-6-9-20-24(14)4-2/h5-6,8-9,18H,3-4,7,10-12H2,1-2H3,(H,21,25)(H,22,26). The fourth-order valence-corrected chi connectivity index (χ4v) is 3.29. The molecule has 140 valence electrons. The highest BCUT2D eigenvalue weighted by Gasteiger charge is 2.43. The maximum atomic E-state index is 13.0. The molecule has 1 fully saturated rings. The van der Waals surface area contributed by atoms with Crippen molar-refractivity contribution in [1.29, 1.82) is 0 Å². The second-order valence-electron chi connectivity index (χ2n) is 6.45. The van der Waals surface area contributed by atoms with E-state index in [1.165, 1.54) is 0 Å². The predicted octanol–water partition coefficient (Wildman–Crippen LogP) is 1.07. The summed E-state index contributed by atoms with van der Waals surface area (Å²) >= 11 is 0. The Morgan fingerprint density at radius 3 is 2.27 bits per heavy atom. The lowest BCUT2D eigenvalue weighted by molar-refractivity contribution is -0.129. The van der Waals surface area contributed by atoms with Gasteiger partial charge in [-0.15, -0.1) is 0 Å². The highest BCUT2D eigenvalue weighted by Crippen LogP contribution is 2.32. The van der Waals surface area contributed by atoms with Crippen molar-refractivity contribution in [3.05, 3.63) is 24.5 Å². The molecule has 0 aliphatic carbocycles. The van der Waals surface area contributed by atoms with Crippen molar-refractivity contribution < 1.29 is 9.59 Å². The number of aromatic nitrogens is 4. The average molecular weight is 359 g/mol. The first kappa shape index (κ1) is 18.1. The molecule has 0 bridgehead atoms. The SMILES string of the molecule is CCn1nccc1NC(=O)CC1(C(=O)Nc2ccnn2CC)CCNC1. The highest BCUT2D eigenvalue weighted by molar-refractivity contribution is 6.00. The molecule has 0 spiro atoms. The van der Waals surface area contributed by atoms with Crippen LogP contribution < -0.4 is 16.0 Å². The number of aryl methyl sites for hydroxylation is 2. The Balaban J connectivity index is 1.71. The summed E-state index contributed by atoms with van der Waals surface area (Å²) in [6.07, 6.45) is 4.02. The fraction of sp³-hybridized carbons (Fsp3) is 0.529.